The average Bonchev–Trinajstić information content (AvgIpc) is 2.81. The van der Waals surface area contributed by atoms with E-state index in [0.717, 1.165) is 25.7 Å². The van der Waals surface area contributed by atoms with Gasteiger partial charge in [-0.15, -0.1) is 0 Å². The van der Waals surface area contributed by atoms with Crippen molar-refractivity contribution in [1.82, 2.24) is 0 Å². The van der Waals surface area contributed by atoms with Crippen molar-refractivity contribution in [3.63, 3.8) is 0 Å². The molecule has 0 aromatic carbocycles. The maximum absolute atomic E-state index is 12.0. The topological polar surface area (TPSA) is 74.6 Å². The lowest BCUT2D eigenvalue weighted by molar-refractivity contribution is -0.137. The molecule has 22 heavy (non-hydrogen) atoms. The van der Waals surface area contributed by atoms with Gasteiger partial charge in [0.2, 0.25) is 0 Å². The summed E-state index contributed by atoms with van der Waals surface area (Å²) < 4.78 is 0. The molecular formula is C18H28O4. The second-order valence-electron chi connectivity index (χ2n) is 6.01. The molecule has 1 fully saturated rings. The van der Waals surface area contributed by atoms with E-state index in [4.69, 9.17) is 5.11 Å². The van der Waals surface area contributed by atoms with E-state index in [9.17, 15) is 14.7 Å². The number of aliphatic carboxylic acids is 1. The minimum atomic E-state index is -0.768. The van der Waals surface area contributed by atoms with Crippen LogP contribution in [0, 0.1) is 11.8 Å². The molecule has 2 N–H and O–H groups in total. The molecule has 0 aliphatic heterocycles. The highest BCUT2D eigenvalue weighted by atomic mass is 16.4. The van der Waals surface area contributed by atoms with Crippen molar-refractivity contribution in [1.29, 1.82) is 0 Å². The zero-order valence-corrected chi connectivity index (χ0v) is 13.4. The summed E-state index contributed by atoms with van der Waals surface area (Å²) in [6.07, 6.45) is 12.9. The number of unbranched alkanes of at least 4 members (excludes halogenated alkanes) is 1. The molecule has 124 valence electrons. The quantitative estimate of drug-likeness (QED) is 0.478. The molecule has 4 heteroatoms. The molecule has 3 unspecified atom stereocenters. The molecule has 1 rings (SSSR count). The van der Waals surface area contributed by atoms with E-state index in [1.54, 1.807) is 0 Å². The normalized spacial score (nSPS) is 23.6. The summed E-state index contributed by atoms with van der Waals surface area (Å²) in [5, 5.41) is 18.3. The van der Waals surface area contributed by atoms with E-state index in [-0.39, 0.29) is 18.3 Å². The first-order valence-electron chi connectivity index (χ1n) is 8.30. The van der Waals surface area contributed by atoms with Gasteiger partial charge in [-0.1, -0.05) is 37.6 Å². The second kappa shape index (κ2) is 10.3. The van der Waals surface area contributed by atoms with Crippen LogP contribution in [0.3, 0.4) is 0 Å². The number of hydrogen-bond donors (Lipinski definition) is 2. The van der Waals surface area contributed by atoms with Crippen LogP contribution in [-0.4, -0.2) is 28.1 Å². The van der Waals surface area contributed by atoms with Crippen molar-refractivity contribution < 1.29 is 19.8 Å². The van der Waals surface area contributed by atoms with Gasteiger partial charge in [-0.2, -0.15) is 0 Å². The monoisotopic (exact) mass is 308 g/mol. The molecule has 3 atom stereocenters. The highest BCUT2D eigenvalue weighted by Gasteiger charge is 2.31. The maximum atomic E-state index is 12.0. The van der Waals surface area contributed by atoms with Gasteiger partial charge in [-0.25, -0.2) is 0 Å². The molecule has 0 spiro atoms. The van der Waals surface area contributed by atoms with Crippen LogP contribution in [0.5, 0.6) is 0 Å². The van der Waals surface area contributed by atoms with Crippen LogP contribution in [0.25, 0.3) is 0 Å². The number of ketones is 1. The minimum absolute atomic E-state index is 0.0146. The van der Waals surface area contributed by atoms with E-state index in [0.29, 0.717) is 25.0 Å². The fourth-order valence-electron chi connectivity index (χ4n) is 2.87. The average molecular weight is 308 g/mol. The van der Waals surface area contributed by atoms with E-state index in [1.165, 1.54) is 0 Å². The van der Waals surface area contributed by atoms with Crippen molar-refractivity contribution in [2.45, 2.75) is 64.4 Å². The van der Waals surface area contributed by atoms with E-state index >= 15 is 0 Å². The Morgan fingerprint density at radius 1 is 1.41 bits per heavy atom. The Bertz CT molecular complexity index is 411. The molecule has 0 saturated heterocycles. The summed E-state index contributed by atoms with van der Waals surface area (Å²) in [6, 6.07) is 0. The summed E-state index contributed by atoms with van der Waals surface area (Å²) >= 11 is 0. The molecule has 1 aliphatic carbocycles. The fraction of sp³-hybridized carbons (Fsp3) is 0.667. The third-order valence-corrected chi connectivity index (χ3v) is 4.14. The van der Waals surface area contributed by atoms with Gasteiger partial charge in [-0.05, 0) is 38.0 Å². The van der Waals surface area contributed by atoms with Gasteiger partial charge in [0.05, 0.1) is 6.10 Å². The SMILES string of the molecule is CCCC(O)C=CC1CCC(=O)C1CC=CCCCC(=O)O. The van der Waals surface area contributed by atoms with Gasteiger partial charge in [-0.3, -0.25) is 9.59 Å². The van der Waals surface area contributed by atoms with Crippen LogP contribution in [0.2, 0.25) is 0 Å². The zero-order chi connectivity index (χ0) is 16.4. The zero-order valence-electron chi connectivity index (χ0n) is 13.4. The summed E-state index contributed by atoms with van der Waals surface area (Å²) in [7, 11) is 0. The fourth-order valence-corrected chi connectivity index (χ4v) is 2.87. The predicted molar refractivity (Wildman–Crippen MR) is 86.5 cm³/mol. The Labute approximate surface area is 132 Å². The Kier molecular flexibility index (Phi) is 8.75. The third-order valence-electron chi connectivity index (χ3n) is 4.14. The number of carboxylic acid groups (broad SMARTS) is 1. The number of aliphatic hydroxyl groups is 1. The number of hydrogen-bond acceptors (Lipinski definition) is 3. The molecule has 1 saturated carbocycles. The molecule has 0 heterocycles. The molecule has 0 aromatic heterocycles. The third kappa shape index (κ3) is 7.03. The first-order valence-corrected chi connectivity index (χ1v) is 8.30. The maximum Gasteiger partial charge on any atom is 0.303 e. The summed E-state index contributed by atoms with van der Waals surface area (Å²) in [6.45, 7) is 2.04. The Hall–Kier alpha value is -1.42. The highest BCUT2D eigenvalue weighted by molar-refractivity contribution is 5.83. The van der Waals surface area contributed by atoms with Crippen LogP contribution in [-0.2, 0) is 9.59 Å². The van der Waals surface area contributed by atoms with Crippen molar-refractivity contribution in [3.05, 3.63) is 24.3 Å². The molecule has 4 nitrogen and oxygen atoms in total. The van der Waals surface area contributed by atoms with Crippen molar-refractivity contribution >= 4 is 11.8 Å². The Balaban J connectivity index is 2.39. The largest absolute Gasteiger partial charge is 0.481 e. The van der Waals surface area contributed by atoms with Crippen LogP contribution < -0.4 is 0 Å². The van der Waals surface area contributed by atoms with E-state index in [2.05, 4.69) is 0 Å². The van der Waals surface area contributed by atoms with Crippen LogP contribution in [0.4, 0.5) is 0 Å². The van der Waals surface area contributed by atoms with Crippen LogP contribution >= 0.6 is 0 Å². The van der Waals surface area contributed by atoms with Crippen molar-refractivity contribution in [2.24, 2.45) is 11.8 Å². The highest BCUT2D eigenvalue weighted by Crippen LogP contribution is 2.32. The number of allylic oxidation sites excluding steroid dienone is 3. The molecule has 0 amide bonds. The van der Waals surface area contributed by atoms with E-state index in [1.807, 2.05) is 31.2 Å². The first-order chi connectivity index (χ1) is 10.5. The van der Waals surface area contributed by atoms with Gasteiger partial charge in [0.1, 0.15) is 5.78 Å². The van der Waals surface area contributed by atoms with Gasteiger partial charge >= 0.3 is 5.97 Å². The predicted octanol–water partition coefficient (Wildman–Crippen LogP) is 3.50. The van der Waals surface area contributed by atoms with Crippen LogP contribution in [0.15, 0.2) is 24.3 Å². The number of carbonyl (C=O) groups excluding carboxylic acids is 1. The standard InChI is InChI=1S/C18H28O4/c1-2-7-15(19)12-10-14-11-13-17(20)16(14)8-5-3-4-6-9-18(21)22/h3,5,10,12,14-16,19H,2,4,6-9,11,13H2,1H3,(H,21,22). The molecule has 0 aromatic rings. The smallest absolute Gasteiger partial charge is 0.303 e. The van der Waals surface area contributed by atoms with Gasteiger partial charge in [0.15, 0.2) is 0 Å². The first kappa shape index (κ1) is 18.6. The Morgan fingerprint density at radius 3 is 2.86 bits per heavy atom. The summed E-state index contributed by atoms with van der Waals surface area (Å²) in [4.78, 5) is 22.4. The lowest BCUT2D eigenvalue weighted by Gasteiger charge is -2.13. The minimum Gasteiger partial charge on any atom is -0.481 e. The van der Waals surface area contributed by atoms with Gasteiger partial charge in [0, 0.05) is 18.8 Å². The number of Topliss-reactive ketones (excluding diaryl/α,β-unsaturated/α-hetero) is 1. The van der Waals surface area contributed by atoms with Gasteiger partial charge in [0.25, 0.3) is 0 Å². The Morgan fingerprint density at radius 2 is 2.18 bits per heavy atom. The molecular weight excluding hydrogens is 280 g/mol. The summed E-state index contributed by atoms with van der Waals surface area (Å²) in [5.74, 6) is -0.228. The lowest BCUT2D eigenvalue weighted by Crippen LogP contribution is -2.13. The van der Waals surface area contributed by atoms with Crippen molar-refractivity contribution in [3.8, 4) is 0 Å². The van der Waals surface area contributed by atoms with Crippen LogP contribution in [0.1, 0.15) is 58.3 Å². The molecule has 0 bridgehead atoms. The number of rotatable bonds is 10. The van der Waals surface area contributed by atoms with E-state index < -0.39 is 12.1 Å². The van der Waals surface area contributed by atoms with Gasteiger partial charge < -0.3 is 10.2 Å². The second-order valence-corrected chi connectivity index (χ2v) is 6.01. The molecule has 1 aliphatic rings. The number of carbonyl (C=O) groups is 2. The number of carboxylic acids is 1. The lowest BCUT2D eigenvalue weighted by atomic mass is 9.91. The molecule has 0 radical (unpaired) electrons. The summed E-state index contributed by atoms with van der Waals surface area (Å²) in [5.41, 5.74) is 0. The number of aliphatic hydroxyl groups excluding tert-OH is 1. The van der Waals surface area contributed by atoms with Crippen molar-refractivity contribution in [2.75, 3.05) is 0 Å².